The SMILES string of the molecule is CC1CN(C)CCN1S(=O)(=O)c1cc(Br)cc(CN)c1F. The zero-order valence-electron chi connectivity index (χ0n) is 12.0. The Labute approximate surface area is 133 Å². The molecule has 0 spiro atoms. The van der Waals surface area contributed by atoms with Crippen molar-refractivity contribution in [2.45, 2.75) is 24.4 Å². The summed E-state index contributed by atoms with van der Waals surface area (Å²) in [5, 5.41) is 0. The molecule has 2 N–H and O–H groups in total. The van der Waals surface area contributed by atoms with E-state index in [0.717, 1.165) is 0 Å². The van der Waals surface area contributed by atoms with Gasteiger partial charge in [-0.05, 0) is 26.1 Å². The zero-order chi connectivity index (χ0) is 15.8. The summed E-state index contributed by atoms with van der Waals surface area (Å²) in [4.78, 5) is 1.74. The molecule has 2 rings (SSSR count). The minimum absolute atomic E-state index is 0.0495. The normalized spacial score (nSPS) is 21.7. The maximum absolute atomic E-state index is 14.4. The number of nitrogens with zero attached hydrogens (tertiary/aromatic N) is 2. The van der Waals surface area contributed by atoms with Crippen molar-refractivity contribution in [1.82, 2.24) is 9.21 Å². The summed E-state index contributed by atoms with van der Waals surface area (Å²) in [7, 11) is -1.94. The summed E-state index contributed by atoms with van der Waals surface area (Å²) in [6.45, 7) is 3.38. The Bertz CT molecular complexity index is 639. The molecular weight excluding hydrogens is 361 g/mol. The molecule has 1 aliphatic heterocycles. The van der Waals surface area contributed by atoms with Gasteiger partial charge in [0.05, 0.1) is 0 Å². The van der Waals surface area contributed by atoms with Gasteiger partial charge in [0.15, 0.2) is 0 Å². The largest absolute Gasteiger partial charge is 0.326 e. The highest BCUT2D eigenvalue weighted by Crippen LogP contribution is 2.28. The average Bonchev–Trinajstić information content (AvgIpc) is 2.40. The first-order valence-electron chi connectivity index (χ1n) is 6.65. The van der Waals surface area contributed by atoms with Crippen molar-refractivity contribution in [3.8, 4) is 0 Å². The standard InChI is InChI=1S/C13H19BrFN3O2S/c1-9-8-17(2)3-4-18(9)21(19,20)12-6-11(14)5-10(7-16)13(12)15/h5-6,9H,3-4,7-8,16H2,1-2H3. The van der Waals surface area contributed by atoms with Crippen molar-refractivity contribution in [3.63, 3.8) is 0 Å². The van der Waals surface area contributed by atoms with Crippen LogP contribution in [0.15, 0.2) is 21.5 Å². The second-order valence-electron chi connectivity index (χ2n) is 5.31. The number of piperazine rings is 1. The molecule has 21 heavy (non-hydrogen) atoms. The fourth-order valence-corrected chi connectivity index (χ4v) is 4.97. The van der Waals surface area contributed by atoms with E-state index in [4.69, 9.17) is 5.73 Å². The number of rotatable bonds is 3. The highest BCUT2D eigenvalue weighted by Gasteiger charge is 2.35. The van der Waals surface area contributed by atoms with Crippen LogP contribution in [-0.2, 0) is 16.6 Å². The number of nitrogens with two attached hydrogens (primary N) is 1. The van der Waals surface area contributed by atoms with E-state index >= 15 is 0 Å². The molecule has 118 valence electrons. The Balaban J connectivity index is 2.47. The van der Waals surface area contributed by atoms with Gasteiger partial charge in [-0.3, -0.25) is 0 Å². The summed E-state index contributed by atoms with van der Waals surface area (Å²) in [5.41, 5.74) is 5.66. The van der Waals surface area contributed by atoms with E-state index in [9.17, 15) is 12.8 Å². The summed E-state index contributed by atoms with van der Waals surface area (Å²) >= 11 is 3.22. The van der Waals surface area contributed by atoms with Crippen molar-refractivity contribution in [3.05, 3.63) is 28.0 Å². The smallest absolute Gasteiger partial charge is 0.246 e. The summed E-state index contributed by atoms with van der Waals surface area (Å²) in [6, 6.07) is 2.60. The molecule has 0 amide bonds. The second kappa shape index (κ2) is 6.29. The topological polar surface area (TPSA) is 66.6 Å². The maximum atomic E-state index is 14.4. The fraction of sp³-hybridized carbons (Fsp3) is 0.538. The van der Waals surface area contributed by atoms with Crippen LogP contribution < -0.4 is 5.73 Å². The molecule has 1 aliphatic rings. The molecule has 1 unspecified atom stereocenters. The molecule has 1 fully saturated rings. The molecule has 0 bridgehead atoms. The highest BCUT2D eigenvalue weighted by atomic mass is 79.9. The van der Waals surface area contributed by atoms with Crippen LogP contribution in [0.2, 0.25) is 0 Å². The Morgan fingerprint density at radius 1 is 1.43 bits per heavy atom. The molecule has 5 nitrogen and oxygen atoms in total. The third-order valence-corrected chi connectivity index (χ3v) is 6.13. The zero-order valence-corrected chi connectivity index (χ0v) is 14.4. The molecule has 0 aromatic heterocycles. The van der Waals surface area contributed by atoms with Crippen molar-refractivity contribution in [2.24, 2.45) is 5.73 Å². The van der Waals surface area contributed by atoms with Crippen molar-refractivity contribution in [1.29, 1.82) is 0 Å². The first kappa shape index (κ1) is 16.8. The van der Waals surface area contributed by atoms with Gasteiger partial charge >= 0.3 is 0 Å². The van der Waals surface area contributed by atoms with E-state index in [0.29, 0.717) is 24.1 Å². The molecule has 0 aliphatic carbocycles. The van der Waals surface area contributed by atoms with Crippen LogP contribution in [-0.4, -0.2) is 50.3 Å². The first-order chi connectivity index (χ1) is 9.77. The number of halogens is 2. The third kappa shape index (κ3) is 3.29. The van der Waals surface area contributed by atoms with Crippen molar-refractivity contribution >= 4 is 26.0 Å². The van der Waals surface area contributed by atoms with Crippen LogP contribution in [0.5, 0.6) is 0 Å². The van der Waals surface area contributed by atoms with Crippen LogP contribution in [0.1, 0.15) is 12.5 Å². The molecule has 0 saturated carbocycles. The minimum atomic E-state index is -3.87. The van der Waals surface area contributed by atoms with Crippen LogP contribution in [0.4, 0.5) is 4.39 Å². The molecule has 1 heterocycles. The Hall–Kier alpha value is -0.540. The molecule has 1 saturated heterocycles. The number of hydrogen-bond acceptors (Lipinski definition) is 4. The lowest BCUT2D eigenvalue weighted by Gasteiger charge is -2.37. The van der Waals surface area contributed by atoms with Gasteiger partial charge in [0.1, 0.15) is 10.7 Å². The lowest BCUT2D eigenvalue weighted by molar-refractivity contribution is 0.170. The van der Waals surface area contributed by atoms with Gasteiger partial charge in [0.25, 0.3) is 0 Å². The average molecular weight is 380 g/mol. The van der Waals surface area contributed by atoms with E-state index in [1.54, 1.807) is 0 Å². The van der Waals surface area contributed by atoms with E-state index in [1.807, 2.05) is 14.0 Å². The predicted molar refractivity (Wildman–Crippen MR) is 82.8 cm³/mol. The van der Waals surface area contributed by atoms with Gasteiger partial charge in [-0.2, -0.15) is 4.31 Å². The number of likely N-dealkylation sites (N-methyl/N-ethyl adjacent to an activating group) is 1. The van der Waals surface area contributed by atoms with E-state index in [2.05, 4.69) is 20.8 Å². The highest BCUT2D eigenvalue weighted by molar-refractivity contribution is 9.10. The lowest BCUT2D eigenvalue weighted by Crippen LogP contribution is -2.52. The van der Waals surface area contributed by atoms with Crippen molar-refractivity contribution in [2.75, 3.05) is 26.7 Å². The van der Waals surface area contributed by atoms with E-state index in [1.165, 1.54) is 16.4 Å². The Morgan fingerprint density at radius 2 is 2.10 bits per heavy atom. The van der Waals surface area contributed by atoms with E-state index in [-0.39, 0.29) is 23.0 Å². The van der Waals surface area contributed by atoms with Crippen LogP contribution in [0.25, 0.3) is 0 Å². The van der Waals surface area contributed by atoms with Gasteiger partial charge in [0.2, 0.25) is 10.0 Å². The Morgan fingerprint density at radius 3 is 2.67 bits per heavy atom. The maximum Gasteiger partial charge on any atom is 0.246 e. The monoisotopic (exact) mass is 379 g/mol. The van der Waals surface area contributed by atoms with Gasteiger partial charge in [-0.25, -0.2) is 12.8 Å². The van der Waals surface area contributed by atoms with Gasteiger partial charge in [0, 0.05) is 42.3 Å². The van der Waals surface area contributed by atoms with Gasteiger partial charge < -0.3 is 10.6 Å². The van der Waals surface area contributed by atoms with Gasteiger partial charge in [-0.15, -0.1) is 0 Å². The molecule has 1 aromatic rings. The summed E-state index contributed by atoms with van der Waals surface area (Å²) < 4.78 is 41.8. The quantitative estimate of drug-likeness (QED) is 0.860. The second-order valence-corrected chi connectivity index (χ2v) is 8.08. The van der Waals surface area contributed by atoms with E-state index < -0.39 is 15.8 Å². The molecule has 8 heteroatoms. The summed E-state index contributed by atoms with van der Waals surface area (Å²) in [5.74, 6) is -0.758. The minimum Gasteiger partial charge on any atom is -0.326 e. The lowest BCUT2D eigenvalue weighted by atomic mass is 10.2. The first-order valence-corrected chi connectivity index (χ1v) is 8.89. The van der Waals surface area contributed by atoms with Crippen LogP contribution >= 0.6 is 15.9 Å². The third-order valence-electron chi connectivity index (χ3n) is 3.66. The van der Waals surface area contributed by atoms with Gasteiger partial charge in [-0.1, -0.05) is 15.9 Å². The van der Waals surface area contributed by atoms with Crippen LogP contribution in [0.3, 0.4) is 0 Å². The number of hydrogen-bond donors (Lipinski definition) is 1. The Kier molecular flexibility index (Phi) is 5.04. The number of sulfonamides is 1. The molecule has 0 radical (unpaired) electrons. The molecular formula is C13H19BrFN3O2S. The fourth-order valence-electron chi connectivity index (χ4n) is 2.56. The number of benzene rings is 1. The molecule has 1 atom stereocenters. The molecule has 1 aromatic carbocycles. The summed E-state index contributed by atoms with van der Waals surface area (Å²) in [6.07, 6.45) is 0. The predicted octanol–water partition coefficient (Wildman–Crippen LogP) is 1.37. The van der Waals surface area contributed by atoms with Crippen molar-refractivity contribution < 1.29 is 12.8 Å². The van der Waals surface area contributed by atoms with Crippen LogP contribution in [0, 0.1) is 5.82 Å².